The van der Waals surface area contributed by atoms with Crippen molar-refractivity contribution in [2.75, 3.05) is 59.2 Å². The molecule has 5 rings (SSSR count). The van der Waals surface area contributed by atoms with E-state index in [1.165, 1.54) is 11.9 Å². The molecule has 0 aliphatic carbocycles. The SMILES string of the molecule is CS(=O)(=O)O.Cc1ccccc1C1C2CC(CN3CCOCC3)C(=O)N2CCN1C(=O)N(C)Cc1ccc(C(F)(F)F)c(C(F)(F)F)c1. The summed E-state index contributed by atoms with van der Waals surface area (Å²) in [4.78, 5) is 34.3. The third-order valence-corrected chi connectivity index (χ3v) is 8.62. The molecule has 3 fully saturated rings. The van der Waals surface area contributed by atoms with E-state index < -0.39 is 45.7 Å². The Bertz CT molecular complexity index is 1570. The minimum atomic E-state index is -5.22. The van der Waals surface area contributed by atoms with Gasteiger partial charge in [-0.2, -0.15) is 34.8 Å². The van der Waals surface area contributed by atoms with Gasteiger partial charge in [0, 0.05) is 46.3 Å². The highest BCUT2D eigenvalue weighted by molar-refractivity contribution is 7.85. The molecule has 0 saturated carbocycles. The van der Waals surface area contributed by atoms with Crippen LogP contribution in [0.2, 0.25) is 0 Å². The molecule has 3 heterocycles. The summed E-state index contributed by atoms with van der Waals surface area (Å²) in [6, 6.07) is 8.11. The summed E-state index contributed by atoms with van der Waals surface area (Å²) >= 11 is 0. The molecule has 3 aliphatic rings. The van der Waals surface area contributed by atoms with Crippen LogP contribution in [-0.2, 0) is 38.5 Å². The van der Waals surface area contributed by atoms with E-state index in [1.807, 2.05) is 36.1 Å². The third kappa shape index (κ3) is 9.18. The first-order valence-electron chi connectivity index (χ1n) is 15.1. The summed E-state index contributed by atoms with van der Waals surface area (Å²) in [5.74, 6) is -0.199. The molecule has 0 radical (unpaired) electrons. The van der Waals surface area contributed by atoms with E-state index in [0.717, 1.165) is 30.3 Å². The van der Waals surface area contributed by atoms with Crippen LogP contribution in [0.1, 0.15) is 40.3 Å². The van der Waals surface area contributed by atoms with Crippen LogP contribution in [0.4, 0.5) is 31.1 Å². The van der Waals surface area contributed by atoms with Crippen molar-refractivity contribution in [3.05, 3.63) is 70.3 Å². The summed E-state index contributed by atoms with van der Waals surface area (Å²) in [7, 11) is -2.25. The quantitative estimate of drug-likeness (QED) is 0.355. The Morgan fingerprint density at radius 2 is 1.58 bits per heavy atom. The van der Waals surface area contributed by atoms with Gasteiger partial charge in [-0.15, -0.1) is 0 Å². The normalized spacial score (nSPS) is 22.2. The molecule has 0 spiro atoms. The molecule has 1 N–H and O–H groups in total. The number of fused-ring (bicyclic) bond motifs is 1. The zero-order chi connectivity index (χ0) is 35.6. The van der Waals surface area contributed by atoms with Crippen molar-refractivity contribution in [1.29, 1.82) is 0 Å². The van der Waals surface area contributed by atoms with Gasteiger partial charge in [0.25, 0.3) is 10.1 Å². The maximum Gasteiger partial charge on any atom is 0.417 e. The number of carbonyl (C=O) groups excluding carboxylic acids is 2. The second-order valence-electron chi connectivity index (χ2n) is 12.2. The number of nitrogens with zero attached hydrogens (tertiary/aromatic N) is 4. The molecule has 2 aromatic carbocycles. The molecule has 266 valence electrons. The number of rotatable bonds is 5. The molecule has 3 amide bonds. The molecule has 3 aliphatic heterocycles. The molecule has 0 aromatic heterocycles. The van der Waals surface area contributed by atoms with Gasteiger partial charge in [-0.05, 0) is 42.2 Å². The van der Waals surface area contributed by atoms with E-state index in [-0.39, 0.29) is 36.5 Å². The van der Waals surface area contributed by atoms with Crippen LogP contribution in [0.5, 0.6) is 0 Å². The average Bonchev–Trinajstić information content (AvgIpc) is 3.30. The first-order valence-corrected chi connectivity index (χ1v) is 17.0. The van der Waals surface area contributed by atoms with E-state index in [2.05, 4.69) is 4.90 Å². The monoisotopic (exact) mass is 708 g/mol. The lowest BCUT2D eigenvalue weighted by Gasteiger charge is -2.46. The molecule has 48 heavy (non-hydrogen) atoms. The zero-order valence-electron chi connectivity index (χ0n) is 26.6. The van der Waals surface area contributed by atoms with Gasteiger partial charge in [-0.25, -0.2) is 4.79 Å². The van der Waals surface area contributed by atoms with Crippen LogP contribution in [0, 0.1) is 12.8 Å². The average molecular weight is 709 g/mol. The predicted molar refractivity (Wildman–Crippen MR) is 162 cm³/mol. The molecule has 10 nitrogen and oxygen atoms in total. The zero-order valence-corrected chi connectivity index (χ0v) is 27.4. The first-order chi connectivity index (χ1) is 22.3. The highest BCUT2D eigenvalue weighted by Crippen LogP contribution is 2.43. The lowest BCUT2D eigenvalue weighted by molar-refractivity contribution is -0.162. The Morgan fingerprint density at radius 3 is 2.17 bits per heavy atom. The summed E-state index contributed by atoms with van der Waals surface area (Å²) in [5, 5.41) is 0. The van der Waals surface area contributed by atoms with Crippen molar-refractivity contribution in [3.8, 4) is 0 Å². The van der Waals surface area contributed by atoms with Gasteiger partial charge in [-0.1, -0.05) is 30.3 Å². The van der Waals surface area contributed by atoms with E-state index in [9.17, 15) is 44.3 Å². The van der Waals surface area contributed by atoms with Crippen LogP contribution in [0.25, 0.3) is 0 Å². The van der Waals surface area contributed by atoms with Crippen molar-refractivity contribution in [2.45, 2.75) is 44.3 Å². The number of benzene rings is 2. The minimum absolute atomic E-state index is 0.0416. The van der Waals surface area contributed by atoms with Gasteiger partial charge >= 0.3 is 18.4 Å². The number of amides is 3. The van der Waals surface area contributed by atoms with E-state index >= 15 is 0 Å². The summed E-state index contributed by atoms with van der Waals surface area (Å²) in [5.41, 5.74) is -1.85. The van der Waals surface area contributed by atoms with Gasteiger partial charge in [0.2, 0.25) is 5.91 Å². The molecule has 3 atom stereocenters. The summed E-state index contributed by atoms with van der Waals surface area (Å²) in [6.07, 6.45) is -9.14. The molecule has 0 bridgehead atoms. The molecular weight excluding hydrogens is 670 g/mol. The smallest absolute Gasteiger partial charge is 0.379 e. The number of halogens is 6. The van der Waals surface area contributed by atoms with Crippen molar-refractivity contribution in [2.24, 2.45) is 5.92 Å². The van der Waals surface area contributed by atoms with E-state index in [4.69, 9.17) is 9.29 Å². The highest BCUT2D eigenvalue weighted by atomic mass is 32.2. The molecule has 3 saturated heterocycles. The lowest BCUT2D eigenvalue weighted by Crippen LogP contribution is -2.57. The topological polar surface area (TPSA) is 111 Å². The molecule has 17 heteroatoms. The van der Waals surface area contributed by atoms with Crippen LogP contribution in [0.3, 0.4) is 0 Å². The van der Waals surface area contributed by atoms with Gasteiger partial charge in [0.1, 0.15) is 0 Å². The van der Waals surface area contributed by atoms with Crippen molar-refractivity contribution >= 4 is 22.1 Å². The van der Waals surface area contributed by atoms with Gasteiger partial charge in [0.05, 0.1) is 48.6 Å². The summed E-state index contributed by atoms with van der Waals surface area (Å²) < 4.78 is 112. The predicted octanol–water partition coefficient (Wildman–Crippen LogP) is 4.69. The fourth-order valence-corrected chi connectivity index (χ4v) is 6.54. The highest BCUT2D eigenvalue weighted by Gasteiger charge is 2.50. The van der Waals surface area contributed by atoms with E-state index in [0.29, 0.717) is 51.1 Å². The van der Waals surface area contributed by atoms with Crippen LogP contribution < -0.4 is 0 Å². The van der Waals surface area contributed by atoms with Gasteiger partial charge in [-0.3, -0.25) is 14.2 Å². The third-order valence-electron chi connectivity index (χ3n) is 8.62. The van der Waals surface area contributed by atoms with Gasteiger partial charge < -0.3 is 19.4 Å². The number of piperazine rings is 1. The maximum atomic E-state index is 13.9. The lowest BCUT2D eigenvalue weighted by atomic mass is 9.89. The number of morpholine rings is 1. The second-order valence-corrected chi connectivity index (χ2v) is 13.7. The Balaban J connectivity index is 0.000000968. The fourth-order valence-electron chi connectivity index (χ4n) is 6.54. The molecule has 2 aromatic rings. The Morgan fingerprint density at radius 1 is 0.979 bits per heavy atom. The molecular formula is C31H38F6N4O6S. The molecule has 3 unspecified atom stereocenters. The standard InChI is InChI=1S/C30H34F6N4O3.CH4O3S/c1-19-5-3-4-6-22(19)26-25-16-21(18-38-11-13-43-14-12-38)27(41)39(25)9-10-40(26)28(42)37(2)17-20-7-8-23(29(31,32)33)24(15-20)30(34,35)36;1-5(2,3)4/h3-8,15,21,25-26H,9-14,16-18H2,1-2H3;1H3,(H,2,3,4). The number of alkyl halides is 6. The van der Waals surface area contributed by atoms with Crippen LogP contribution in [-0.4, -0.2) is 110 Å². The second kappa shape index (κ2) is 14.6. The summed E-state index contributed by atoms with van der Waals surface area (Å²) in [6.45, 7) is 5.40. The number of aryl methyl sites for hydroxylation is 1. The van der Waals surface area contributed by atoms with E-state index in [1.54, 1.807) is 4.90 Å². The minimum Gasteiger partial charge on any atom is -0.379 e. The maximum absolute atomic E-state index is 13.9. The Labute approximate surface area is 275 Å². The van der Waals surface area contributed by atoms with Gasteiger partial charge in [0.15, 0.2) is 0 Å². The first kappa shape index (κ1) is 37.4. The van der Waals surface area contributed by atoms with Crippen molar-refractivity contribution in [1.82, 2.24) is 19.6 Å². The number of urea groups is 1. The number of hydrogen-bond donors (Lipinski definition) is 1. The Hall–Kier alpha value is -3.41. The van der Waals surface area contributed by atoms with Crippen molar-refractivity contribution < 1.29 is 53.6 Å². The van der Waals surface area contributed by atoms with Crippen LogP contribution in [0.15, 0.2) is 42.5 Å². The number of carbonyl (C=O) groups is 2. The largest absolute Gasteiger partial charge is 0.417 e. The van der Waals surface area contributed by atoms with Crippen molar-refractivity contribution in [3.63, 3.8) is 0 Å². The Kier molecular flexibility index (Phi) is 11.4. The van der Waals surface area contributed by atoms with Crippen LogP contribution >= 0.6 is 0 Å². The number of ether oxygens (including phenoxy) is 1. The fraction of sp³-hybridized carbons (Fsp3) is 0.548. The number of hydrogen-bond acceptors (Lipinski definition) is 6.